The van der Waals surface area contributed by atoms with Crippen LogP contribution in [0, 0.1) is 17.0 Å². The zero-order valence-electron chi connectivity index (χ0n) is 11.2. The van der Waals surface area contributed by atoms with Crippen LogP contribution < -0.4 is 5.32 Å². The first-order chi connectivity index (χ1) is 9.43. The summed E-state index contributed by atoms with van der Waals surface area (Å²) in [5, 5.41) is 11.6. The van der Waals surface area contributed by atoms with E-state index in [2.05, 4.69) is 12.2 Å². The number of carbonyl (C=O) groups is 1. The Balaban J connectivity index is 2.10. The lowest BCUT2D eigenvalue weighted by atomic mass is 9.82. The molecular weight excluding hydrogens is 268 g/mol. The molecule has 6 heteroatoms. The van der Waals surface area contributed by atoms with Crippen molar-refractivity contribution in [2.75, 3.05) is 25.1 Å². The first-order valence-corrected chi connectivity index (χ1v) is 6.46. The second-order valence-corrected chi connectivity index (χ2v) is 5.37. The fourth-order valence-corrected chi connectivity index (χ4v) is 2.20. The zero-order chi connectivity index (χ0) is 14.8. The average Bonchev–Trinajstić information content (AvgIpc) is 2.41. The molecule has 110 valence electrons. The Kier molecular flexibility index (Phi) is 4.23. The number of carboxylic acid groups (broad SMARTS) is 1. The molecule has 1 aromatic rings. The number of rotatable bonds is 4. The third-order valence-corrected chi connectivity index (χ3v) is 3.72. The van der Waals surface area contributed by atoms with E-state index in [0.717, 1.165) is 18.9 Å². The van der Waals surface area contributed by atoms with E-state index in [9.17, 15) is 13.6 Å². The number of hydrogen-bond donors (Lipinski definition) is 2. The van der Waals surface area contributed by atoms with E-state index in [-0.39, 0.29) is 11.1 Å². The Hall–Kier alpha value is -1.69. The van der Waals surface area contributed by atoms with Crippen molar-refractivity contribution in [3.63, 3.8) is 0 Å². The minimum Gasteiger partial charge on any atom is -0.478 e. The highest BCUT2D eigenvalue weighted by atomic mass is 19.2. The maximum atomic E-state index is 13.8. The van der Waals surface area contributed by atoms with E-state index < -0.39 is 23.2 Å². The Morgan fingerprint density at radius 3 is 2.60 bits per heavy atom. The van der Waals surface area contributed by atoms with Gasteiger partial charge in [-0.1, -0.05) is 6.92 Å². The topological polar surface area (TPSA) is 58.6 Å². The molecule has 1 aliphatic heterocycles. The predicted molar refractivity (Wildman–Crippen MR) is 70.0 cm³/mol. The van der Waals surface area contributed by atoms with Crippen LogP contribution in [0.25, 0.3) is 0 Å². The lowest BCUT2D eigenvalue weighted by Gasteiger charge is -2.34. The smallest absolute Gasteiger partial charge is 0.338 e. The van der Waals surface area contributed by atoms with Gasteiger partial charge in [0.25, 0.3) is 0 Å². The molecule has 0 atom stereocenters. The lowest BCUT2D eigenvalue weighted by molar-refractivity contribution is 0.0299. The van der Waals surface area contributed by atoms with E-state index in [4.69, 9.17) is 9.84 Å². The fourth-order valence-electron chi connectivity index (χ4n) is 2.20. The molecule has 20 heavy (non-hydrogen) atoms. The van der Waals surface area contributed by atoms with Crippen molar-refractivity contribution in [2.45, 2.75) is 19.8 Å². The quantitative estimate of drug-likeness (QED) is 0.893. The van der Waals surface area contributed by atoms with Crippen LogP contribution in [-0.4, -0.2) is 30.8 Å². The molecular formula is C14H17F2NO3. The van der Waals surface area contributed by atoms with Gasteiger partial charge in [-0.3, -0.25) is 0 Å². The second-order valence-electron chi connectivity index (χ2n) is 5.37. The van der Waals surface area contributed by atoms with Crippen molar-refractivity contribution in [3.05, 3.63) is 29.3 Å². The molecule has 0 saturated carbocycles. The predicted octanol–water partition coefficient (Wildman–Crippen LogP) is 2.89. The first kappa shape index (κ1) is 14.7. The monoisotopic (exact) mass is 285 g/mol. The normalized spacial score (nSPS) is 17.8. The SMILES string of the molecule is CC1(CNc2ccc(C(=O)O)c(F)c2F)CCOCC1. The Morgan fingerprint density at radius 2 is 2.00 bits per heavy atom. The van der Waals surface area contributed by atoms with Crippen LogP contribution in [0.15, 0.2) is 12.1 Å². The van der Waals surface area contributed by atoms with Gasteiger partial charge in [-0.25, -0.2) is 13.6 Å². The molecule has 1 fully saturated rings. The summed E-state index contributed by atoms with van der Waals surface area (Å²) in [5.74, 6) is -3.97. The van der Waals surface area contributed by atoms with Crippen LogP contribution in [0.4, 0.5) is 14.5 Å². The highest BCUT2D eigenvalue weighted by Crippen LogP contribution is 2.30. The molecule has 2 rings (SSSR count). The first-order valence-electron chi connectivity index (χ1n) is 6.46. The van der Waals surface area contributed by atoms with Crippen molar-refractivity contribution >= 4 is 11.7 Å². The summed E-state index contributed by atoms with van der Waals surface area (Å²) in [4.78, 5) is 10.7. The van der Waals surface area contributed by atoms with Gasteiger partial charge in [0.1, 0.15) is 0 Å². The van der Waals surface area contributed by atoms with Gasteiger partial charge in [0, 0.05) is 19.8 Å². The Labute approximate surface area is 115 Å². The van der Waals surface area contributed by atoms with Crippen molar-refractivity contribution in [1.82, 2.24) is 0 Å². The Bertz CT molecular complexity index is 513. The van der Waals surface area contributed by atoms with Gasteiger partial charge in [-0.15, -0.1) is 0 Å². The van der Waals surface area contributed by atoms with Gasteiger partial charge in [-0.2, -0.15) is 0 Å². The summed E-state index contributed by atoms with van der Waals surface area (Å²) in [6, 6.07) is 2.32. The number of benzene rings is 1. The standard InChI is InChI=1S/C14H17F2NO3/c1-14(4-6-20-7-5-14)8-17-10-3-2-9(13(18)19)11(15)12(10)16/h2-3,17H,4-8H2,1H3,(H,18,19). The molecule has 0 unspecified atom stereocenters. The highest BCUT2D eigenvalue weighted by molar-refractivity contribution is 5.88. The minimum absolute atomic E-state index is 0.0137. The summed E-state index contributed by atoms with van der Waals surface area (Å²) in [5.41, 5.74) is -0.711. The van der Waals surface area contributed by atoms with Crippen molar-refractivity contribution in [1.29, 1.82) is 0 Å². The van der Waals surface area contributed by atoms with E-state index in [1.807, 2.05) is 0 Å². The average molecular weight is 285 g/mol. The van der Waals surface area contributed by atoms with Crippen molar-refractivity contribution in [3.8, 4) is 0 Å². The molecule has 2 N–H and O–H groups in total. The third-order valence-electron chi connectivity index (χ3n) is 3.72. The number of aromatic carboxylic acids is 1. The third kappa shape index (κ3) is 3.07. The van der Waals surface area contributed by atoms with Crippen LogP contribution >= 0.6 is 0 Å². The van der Waals surface area contributed by atoms with Gasteiger partial charge < -0.3 is 15.2 Å². The number of anilines is 1. The van der Waals surface area contributed by atoms with Crippen LogP contribution in [0.2, 0.25) is 0 Å². The maximum Gasteiger partial charge on any atom is 0.338 e. The van der Waals surface area contributed by atoms with Crippen LogP contribution in [0.3, 0.4) is 0 Å². The summed E-state index contributed by atoms with van der Waals surface area (Å²) < 4.78 is 32.6. The van der Waals surface area contributed by atoms with Crippen LogP contribution in [-0.2, 0) is 4.74 Å². The number of carboxylic acids is 1. The minimum atomic E-state index is -1.48. The molecule has 1 aromatic carbocycles. The number of ether oxygens (including phenoxy) is 1. The largest absolute Gasteiger partial charge is 0.478 e. The van der Waals surface area contributed by atoms with Gasteiger partial charge in [-0.05, 0) is 30.4 Å². The summed E-state index contributed by atoms with van der Waals surface area (Å²) >= 11 is 0. The fraction of sp³-hybridized carbons (Fsp3) is 0.500. The van der Waals surface area contributed by atoms with E-state index in [0.29, 0.717) is 19.8 Å². The number of hydrogen-bond acceptors (Lipinski definition) is 3. The summed E-state index contributed by atoms with van der Waals surface area (Å²) in [6.07, 6.45) is 1.69. The molecule has 0 aromatic heterocycles. The summed E-state index contributed by atoms with van der Waals surface area (Å²) in [6.45, 7) is 3.86. The number of nitrogens with one attached hydrogen (secondary N) is 1. The van der Waals surface area contributed by atoms with E-state index in [1.165, 1.54) is 6.07 Å². The second kappa shape index (κ2) is 5.75. The molecule has 1 saturated heterocycles. The molecule has 0 radical (unpaired) electrons. The number of halogens is 2. The molecule has 4 nitrogen and oxygen atoms in total. The van der Waals surface area contributed by atoms with Crippen molar-refractivity contribution < 1.29 is 23.4 Å². The van der Waals surface area contributed by atoms with Gasteiger partial charge in [0.05, 0.1) is 11.3 Å². The van der Waals surface area contributed by atoms with E-state index in [1.54, 1.807) is 0 Å². The van der Waals surface area contributed by atoms with Gasteiger partial charge >= 0.3 is 5.97 Å². The van der Waals surface area contributed by atoms with Gasteiger partial charge in [0.2, 0.25) is 0 Å². The van der Waals surface area contributed by atoms with Gasteiger partial charge in [0.15, 0.2) is 11.6 Å². The van der Waals surface area contributed by atoms with E-state index >= 15 is 0 Å². The van der Waals surface area contributed by atoms with Crippen LogP contribution in [0.1, 0.15) is 30.1 Å². The molecule has 1 aliphatic rings. The molecule has 0 aliphatic carbocycles. The molecule has 0 bridgehead atoms. The van der Waals surface area contributed by atoms with Crippen molar-refractivity contribution in [2.24, 2.45) is 5.41 Å². The maximum absolute atomic E-state index is 13.8. The lowest BCUT2D eigenvalue weighted by Crippen LogP contribution is -2.33. The summed E-state index contributed by atoms with van der Waals surface area (Å²) in [7, 11) is 0. The highest BCUT2D eigenvalue weighted by Gasteiger charge is 2.28. The molecule has 1 heterocycles. The van der Waals surface area contributed by atoms with Crippen LogP contribution in [0.5, 0.6) is 0 Å². The Morgan fingerprint density at radius 1 is 1.35 bits per heavy atom. The molecule has 0 spiro atoms. The zero-order valence-corrected chi connectivity index (χ0v) is 11.2. The molecule has 0 amide bonds.